The van der Waals surface area contributed by atoms with Crippen molar-refractivity contribution < 1.29 is 9.53 Å². The minimum absolute atomic E-state index is 0.00277. The number of ether oxygens (including phenoxy) is 1. The van der Waals surface area contributed by atoms with E-state index >= 15 is 0 Å². The number of imidazole rings is 1. The van der Waals surface area contributed by atoms with E-state index in [2.05, 4.69) is 15.3 Å². The number of hydrogen-bond donors (Lipinski definition) is 3. The van der Waals surface area contributed by atoms with Gasteiger partial charge in [0, 0.05) is 12.6 Å². The van der Waals surface area contributed by atoms with Crippen molar-refractivity contribution in [2.24, 2.45) is 5.73 Å². The fraction of sp³-hybridized carbons (Fsp3) is 0.429. The Morgan fingerprint density at radius 2 is 2.35 bits per heavy atom. The Hall–Kier alpha value is -1.92. The van der Waals surface area contributed by atoms with Gasteiger partial charge in [0.25, 0.3) is 0 Å². The molecule has 6 heteroatoms. The number of amides is 1. The second-order valence-corrected chi connectivity index (χ2v) is 4.98. The number of carbonyl (C=O) groups excluding carboxylic acids is 1. The molecule has 0 aliphatic rings. The van der Waals surface area contributed by atoms with E-state index in [0.29, 0.717) is 12.4 Å². The number of nitrogens with one attached hydrogen (secondary N) is 2. The van der Waals surface area contributed by atoms with Gasteiger partial charge in [-0.05, 0) is 31.5 Å². The molecule has 20 heavy (non-hydrogen) atoms. The molecule has 1 heterocycles. The predicted molar refractivity (Wildman–Crippen MR) is 77.1 cm³/mol. The van der Waals surface area contributed by atoms with Gasteiger partial charge in [0.2, 0.25) is 5.91 Å². The first-order valence-corrected chi connectivity index (χ1v) is 6.60. The molecule has 1 aromatic heterocycles. The third-order valence-electron chi connectivity index (χ3n) is 2.78. The van der Waals surface area contributed by atoms with E-state index in [1.54, 1.807) is 0 Å². The predicted octanol–water partition coefficient (Wildman–Crippen LogP) is 0.851. The summed E-state index contributed by atoms with van der Waals surface area (Å²) in [4.78, 5) is 19.0. The lowest BCUT2D eigenvalue weighted by Gasteiger charge is -2.07. The molecule has 0 spiro atoms. The van der Waals surface area contributed by atoms with E-state index in [1.807, 2.05) is 32.0 Å². The zero-order valence-corrected chi connectivity index (χ0v) is 11.8. The molecule has 108 valence electrons. The van der Waals surface area contributed by atoms with Crippen LogP contribution >= 0.6 is 0 Å². The van der Waals surface area contributed by atoms with E-state index in [0.717, 1.165) is 11.0 Å². The number of carbonyl (C=O) groups is 1. The zero-order valence-electron chi connectivity index (χ0n) is 11.8. The third-order valence-corrected chi connectivity index (χ3v) is 2.78. The zero-order chi connectivity index (χ0) is 14.5. The average molecular weight is 276 g/mol. The van der Waals surface area contributed by atoms with Crippen LogP contribution in [0.25, 0.3) is 11.0 Å². The molecule has 0 aliphatic carbocycles. The molecule has 2 rings (SSSR count). The topological polar surface area (TPSA) is 93.0 Å². The SMILES string of the molecule is Cc1ccc2nc(COCC(=O)NC[C@H](C)N)[nH]c2c1. The summed E-state index contributed by atoms with van der Waals surface area (Å²) in [5.41, 5.74) is 8.59. The molecule has 1 aromatic carbocycles. The maximum absolute atomic E-state index is 11.4. The fourth-order valence-electron chi connectivity index (χ4n) is 1.81. The Balaban J connectivity index is 1.82. The Morgan fingerprint density at radius 1 is 1.55 bits per heavy atom. The summed E-state index contributed by atoms with van der Waals surface area (Å²) in [6.45, 7) is 4.59. The molecular formula is C14H20N4O2. The maximum Gasteiger partial charge on any atom is 0.246 e. The van der Waals surface area contributed by atoms with Crippen molar-refractivity contribution in [1.29, 1.82) is 0 Å². The van der Waals surface area contributed by atoms with Crippen LogP contribution in [-0.4, -0.2) is 35.1 Å². The molecule has 0 aliphatic heterocycles. The van der Waals surface area contributed by atoms with Gasteiger partial charge in [-0.25, -0.2) is 4.98 Å². The summed E-state index contributed by atoms with van der Waals surface area (Å²) in [5, 5.41) is 2.68. The highest BCUT2D eigenvalue weighted by Gasteiger charge is 2.06. The molecule has 1 amide bonds. The second kappa shape index (κ2) is 6.49. The fourth-order valence-corrected chi connectivity index (χ4v) is 1.81. The molecule has 0 fully saturated rings. The van der Waals surface area contributed by atoms with Gasteiger partial charge in [-0.15, -0.1) is 0 Å². The molecule has 0 saturated heterocycles. The van der Waals surface area contributed by atoms with Crippen LogP contribution in [0.5, 0.6) is 0 Å². The first kappa shape index (κ1) is 14.5. The lowest BCUT2D eigenvalue weighted by Crippen LogP contribution is -2.37. The first-order chi connectivity index (χ1) is 9.54. The van der Waals surface area contributed by atoms with Crippen molar-refractivity contribution in [3.05, 3.63) is 29.6 Å². The normalized spacial score (nSPS) is 12.6. The van der Waals surface area contributed by atoms with Crippen molar-refractivity contribution >= 4 is 16.9 Å². The van der Waals surface area contributed by atoms with E-state index in [1.165, 1.54) is 5.56 Å². The van der Waals surface area contributed by atoms with E-state index in [4.69, 9.17) is 10.5 Å². The van der Waals surface area contributed by atoms with Crippen LogP contribution in [0.4, 0.5) is 0 Å². The highest BCUT2D eigenvalue weighted by atomic mass is 16.5. The maximum atomic E-state index is 11.4. The average Bonchev–Trinajstić information content (AvgIpc) is 2.78. The van der Waals surface area contributed by atoms with E-state index in [9.17, 15) is 4.79 Å². The first-order valence-electron chi connectivity index (χ1n) is 6.60. The Labute approximate surface area is 117 Å². The van der Waals surface area contributed by atoms with Crippen LogP contribution < -0.4 is 11.1 Å². The number of aromatic amines is 1. The molecule has 0 unspecified atom stereocenters. The number of aryl methyl sites for hydroxylation is 1. The molecule has 1 atom stereocenters. The Morgan fingerprint density at radius 3 is 3.10 bits per heavy atom. The van der Waals surface area contributed by atoms with Crippen LogP contribution in [0.2, 0.25) is 0 Å². The number of aromatic nitrogens is 2. The molecule has 4 N–H and O–H groups in total. The van der Waals surface area contributed by atoms with Gasteiger partial charge >= 0.3 is 0 Å². The molecule has 2 aromatic rings. The minimum Gasteiger partial charge on any atom is -0.364 e. The number of fused-ring (bicyclic) bond motifs is 1. The number of H-pyrrole nitrogens is 1. The number of nitrogens with two attached hydrogens (primary N) is 1. The van der Waals surface area contributed by atoms with Crippen LogP contribution in [-0.2, 0) is 16.1 Å². The third kappa shape index (κ3) is 4.04. The number of benzene rings is 1. The van der Waals surface area contributed by atoms with Crippen LogP contribution in [0.15, 0.2) is 18.2 Å². The summed E-state index contributed by atoms with van der Waals surface area (Å²) >= 11 is 0. The van der Waals surface area contributed by atoms with E-state index < -0.39 is 0 Å². The summed E-state index contributed by atoms with van der Waals surface area (Å²) in [5.74, 6) is 0.542. The standard InChI is InChI=1S/C14H20N4O2/c1-9-3-4-11-12(5-9)18-13(17-11)7-20-8-14(19)16-6-10(2)15/h3-5,10H,6-8,15H2,1-2H3,(H,16,19)(H,17,18)/t10-/m0/s1. The van der Waals surface area contributed by atoms with E-state index in [-0.39, 0.29) is 25.2 Å². The van der Waals surface area contributed by atoms with Crippen molar-refractivity contribution in [2.45, 2.75) is 26.5 Å². The van der Waals surface area contributed by atoms with Crippen molar-refractivity contribution in [2.75, 3.05) is 13.2 Å². The molecule has 0 bridgehead atoms. The number of rotatable bonds is 6. The largest absolute Gasteiger partial charge is 0.364 e. The van der Waals surface area contributed by atoms with Gasteiger partial charge in [-0.1, -0.05) is 6.07 Å². The summed E-state index contributed by atoms with van der Waals surface area (Å²) in [7, 11) is 0. The second-order valence-electron chi connectivity index (χ2n) is 4.98. The number of nitrogens with zero attached hydrogens (tertiary/aromatic N) is 1. The van der Waals surface area contributed by atoms with Crippen LogP contribution in [0.3, 0.4) is 0 Å². The lowest BCUT2D eigenvalue weighted by atomic mass is 10.2. The Kier molecular flexibility index (Phi) is 4.70. The smallest absolute Gasteiger partial charge is 0.246 e. The van der Waals surface area contributed by atoms with Crippen molar-refractivity contribution in [1.82, 2.24) is 15.3 Å². The molecule has 0 saturated carbocycles. The summed E-state index contributed by atoms with van der Waals surface area (Å²) in [6, 6.07) is 5.94. The minimum atomic E-state index is -0.172. The number of hydrogen-bond acceptors (Lipinski definition) is 4. The van der Waals surface area contributed by atoms with Crippen LogP contribution in [0.1, 0.15) is 18.3 Å². The quantitative estimate of drug-likeness (QED) is 0.729. The summed E-state index contributed by atoms with van der Waals surface area (Å²) < 4.78 is 5.33. The highest BCUT2D eigenvalue weighted by Crippen LogP contribution is 2.13. The highest BCUT2D eigenvalue weighted by molar-refractivity contribution is 5.77. The van der Waals surface area contributed by atoms with Crippen molar-refractivity contribution in [3.8, 4) is 0 Å². The molecule has 0 radical (unpaired) electrons. The monoisotopic (exact) mass is 276 g/mol. The van der Waals surface area contributed by atoms with Crippen LogP contribution in [0, 0.1) is 6.92 Å². The van der Waals surface area contributed by atoms with Gasteiger partial charge in [0.15, 0.2) is 0 Å². The van der Waals surface area contributed by atoms with Crippen molar-refractivity contribution in [3.63, 3.8) is 0 Å². The molecule has 6 nitrogen and oxygen atoms in total. The lowest BCUT2D eigenvalue weighted by molar-refractivity contribution is -0.126. The Bertz CT molecular complexity index is 592. The van der Waals surface area contributed by atoms with Gasteiger partial charge in [-0.2, -0.15) is 0 Å². The van der Waals surface area contributed by atoms with Gasteiger partial charge in [-0.3, -0.25) is 4.79 Å². The molecular weight excluding hydrogens is 256 g/mol. The van der Waals surface area contributed by atoms with Gasteiger partial charge < -0.3 is 20.8 Å². The van der Waals surface area contributed by atoms with Gasteiger partial charge in [0.1, 0.15) is 19.0 Å². The van der Waals surface area contributed by atoms with Gasteiger partial charge in [0.05, 0.1) is 11.0 Å². The summed E-state index contributed by atoms with van der Waals surface area (Å²) in [6.07, 6.45) is 0.